The van der Waals surface area contributed by atoms with Gasteiger partial charge in [-0.1, -0.05) is 13.8 Å². The zero-order valence-electron chi connectivity index (χ0n) is 8.63. The second-order valence-electron chi connectivity index (χ2n) is 4.35. The van der Waals surface area contributed by atoms with E-state index in [2.05, 4.69) is 25.8 Å². The molecule has 0 amide bonds. The molecule has 0 saturated heterocycles. The second-order valence-corrected chi connectivity index (χ2v) is 5.64. The van der Waals surface area contributed by atoms with Gasteiger partial charge in [-0.25, -0.2) is 4.98 Å². The Kier molecular flexibility index (Phi) is 2.41. The monoisotopic (exact) mass is 195 g/mol. The summed E-state index contributed by atoms with van der Waals surface area (Å²) in [6.45, 7) is 6.79. The van der Waals surface area contributed by atoms with E-state index >= 15 is 0 Å². The van der Waals surface area contributed by atoms with Crippen LogP contribution in [-0.4, -0.2) is 4.98 Å². The van der Waals surface area contributed by atoms with Crippen LogP contribution in [0.15, 0.2) is 0 Å². The summed E-state index contributed by atoms with van der Waals surface area (Å²) in [6.07, 6.45) is 3.83. The van der Waals surface area contributed by atoms with Crippen LogP contribution in [0.3, 0.4) is 0 Å². The number of rotatable bonds is 1. The summed E-state index contributed by atoms with van der Waals surface area (Å²) < 4.78 is 0. The van der Waals surface area contributed by atoms with Crippen molar-refractivity contribution in [1.82, 2.24) is 4.98 Å². The van der Waals surface area contributed by atoms with Crippen molar-refractivity contribution in [2.45, 2.75) is 40.0 Å². The fourth-order valence-electron chi connectivity index (χ4n) is 2.10. The fraction of sp³-hybridized carbons (Fsp3) is 0.727. The molecule has 1 aromatic heterocycles. The highest BCUT2D eigenvalue weighted by atomic mass is 32.1. The van der Waals surface area contributed by atoms with Crippen LogP contribution in [-0.2, 0) is 12.8 Å². The predicted molar refractivity (Wildman–Crippen MR) is 57.2 cm³/mol. The smallest absolute Gasteiger partial charge is 0.0900 e. The van der Waals surface area contributed by atoms with Gasteiger partial charge in [-0.3, -0.25) is 0 Å². The molecule has 1 atom stereocenters. The van der Waals surface area contributed by atoms with E-state index in [1.165, 1.54) is 30.0 Å². The third kappa shape index (κ3) is 1.78. The minimum absolute atomic E-state index is 0.829. The lowest BCUT2D eigenvalue weighted by Crippen LogP contribution is -2.17. The summed E-state index contributed by atoms with van der Waals surface area (Å²) in [4.78, 5) is 6.12. The van der Waals surface area contributed by atoms with Crippen LogP contribution in [0.4, 0.5) is 0 Å². The Morgan fingerprint density at radius 3 is 2.92 bits per heavy atom. The van der Waals surface area contributed by atoms with Gasteiger partial charge in [-0.2, -0.15) is 0 Å². The third-order valence-corrected chi connectivity index (χ3v) is 4.06. The van der Waals surface area contributed by atoms with Gasteiger partial charge in [0.1, 0.15) is 0 Å². The Hall–Kier alpha value is -0.370. The maximum Gasteiger partial charge on any atom is 0.0900 e. The van der Waals surface area contributed by atoms with Gasteiger partial charge in [0.2, 0.25) is 0 Å². The normalized spacial score (nSPS) is 22.0. The minimum Gasteiger partial charge on any atom is -0.246 e. The summed E-state index contributed by atoms with van der Waals surface area (Å²) in [5, 5.41) is 1.24. The van der Waals surface area contributed by atoms with Crippen molar-refractivity contribution in [2.24, 2.45) is 11.8 Å². The molecule has 0 radical (unpaired) electrons. The molecule has 1 heterocycles. The average molecular weight is 195 g/mol. The van der Waals surface area contributed by atoms with E-state index in [0.717, 1.165) is 11.8 Å². The molecule has 1 aromatic rings. The minimum atomic E-state index is 0.829. The van der Waals surface area contributed by atoms with Crippen LogP contribution in [0.1, 0.15) is 35.8 Å². The maximum absolute atomic E-state index is 4.56. The number of fused-ring (bicyclic) bond motifs is 1. The van der Waals surface area contributed by atoms with Gasteiger partial charge < -0.3 is 0 Å². The molecular formula is C11H17NS. The lowest BCUT2D eigenvalue weighted by molar-refractivity contribution is 0.344. The van der Waals surface area contributed by atoms with E-state index in [1.54, 1.807) is 4.88 Å². The van der Waals surface area contributed by atoms with Gasteiger partial charge in [-0.15, -0.1) is 11.3 Å². The first-order valence-electron chi connectivity index (χ1n) is 5.12. The topological polar surface area (TPSA) is 12.9 Å². The van der Waals surface area contributed by atoms with E-state index in [0.29, 0.717) is 0 Å². The van der Waals surface area contributed by atoms with Crippen molar-refractivity contribution in [1.29, 1.82) is 0 Å². The van der Waals surface area contributed by atoms with Crippen LogP contribution >= 0.6 is 11.3 Å². The van der Waals surface area contributed by atoms with Crippen LogP contribution in [0, 0.1) is 18.8 Å². The van der Waals surface area contributed by atoms with Gasteiger partial charge in [0, 0.05) is 4.88 Å². The summed E-state index contributed by atoms with van der Waals surface area (Å²) in [5.74, 6) is 1.72. The number of nitrogens with zero attached hydrogens (tertiary/aromatic N) is 1. The highest BCUT2D eigenvalue weighted by Gasteiger charge is 2.23. The number of aromatic nitrogens is 1. The third-order valence-electron chi connectivity index (χ3n) is 3.03. The molecule has 72 valence electrons. The van der Waals surface area contributed by atoms with Gasteiger partial charge in [0.25, 0.3) is 0 Å². The van der Waals surface area contributed by atoms with Gasteiger partial charge in [-0.05, 0) is 38.0 Å². The molecule has 2 rings (SSSR count). The molecule has 0 fully saturated rings. The van der Waals surface area contributed by atoms with Crippen molar-refractivity contribution in [3.05, 3.63) is 15.6 Å². The van der Waals surface area contributed by atoms with Gasteiger partial charge >= 0.3 is 0 Å². The molecule has 0 bridgehead atoms. The molecule has 0 spiro atoms. The molecule has 13 heavy (non-hydrogen) atoms. The molecule has 0 N–H and O–H groups in total. The van der Waals surface area contributed by atoms with Crippen molar-refractivity contribution in [2.75, 3.05) is 0 Å². The number of hydrogen-bond donors (Lipinski definition) is 0. The van der Waals surface area contributed by atoms with Crippen molar-refractivity contribution in [3.8, 4) is 0 Å². The standard InChI is InChI=1S/C11H17NS/c1-7(2)9-4-5-10-11(6-9)13-8(3)12-10/h7,9H,4-6H2,1-3H3. The van der Waals surface area contributed by atoms with E-state index in [9.17, 15) is 0 Å². The largest absolute Gasteiger partial charge is 0.246 e. The Morgan fingerprint density at radius 1 is 1.46 bits per heavy atom. The SMILES string of the molecule is Cc1nc2c(s1)CC(C(C)C)CC2. The molecule has 1 nitrogen and oxygen atoms in total. The Morgan fingerprint density at radius 2 is 2.23 bits per heavy atom. The lowest BCUT2D eigenvalue weighted by Gasteiger charge is -2.24. The molecule has 0 saturated carbocycles. The fourth-order valence-corrected chi connectivity index (χ4v) is 3.17. The quantitative estimate of drug-likeness (QED) is 0.670. The summed E-state index contributed by atoms with van der Waals surface area (Å²) >= 11 is 1.90. The summed E-state index contributed by atoms with van der Waals surface area (Å²) in [6, 6.07) is 0. The van der Waals surface area contributed by atoms with E-state index in [4.69, 9.17) is 0 Å². The predicted octanol–water partition coefficient (Wildman–Crippen LogP) is 3.21. The average Bonchev–Trinajstić information content (AvgIpc) is 2.42. The van der Waals surface area contributed by atoms with Crippen LogP contribution in [0.25, 0.3) is 0 Å². The first kappa shape index (κ1) is 9.20. The number of hydrogen-bond acceptors (Lipinski definition) is 2. The Bertz CT molecular complexity index is 301. The molecule has 1 aliphatic carbocycles. The van der Waals surface area contributed by atoms with E-state index in [-0.39, 0.29) is 0 Å². The zero-order valence-corrected chi connectivity index (χ0v) is 9.45. The van der Waals surface area contributed by atoms with Crippen molar-refractivity contribution < 1.29 is 0 Å². The lowest BCUT2D eigenvalue weighted by atomic mass is 9.83. The first-order chi connectivity index (χ1) is 6.16. The highest BCUT2D eigenvalue weighted by molar-refractivity contribution is 7.11. The number of aryl methyl sites for hydroxylation is 2. The van der Waals surface area contributed by atoms with Crippen molar-refractivity contribution in [3.63, 3.8) is 0 Å². The summed E-state index contributed by atoms with van der Waals surface area (Å²) in [7, 11) is 0. The van der Waals surface area contributed by atoms with Gasteiger partial charge in [0.15, 0.2) is 0 Å². The highest BCUT2D eigenvalue weighted by Crippen LogP contribution is 2.32. The maximum atomic E-state index is 4.56. The molecule has 2 heteroatoms. The van der Waals surface area contributed by atoms with Crippen LogP contribution in [0.2, 0.25) is 0 Å². The molecule has 1 unspecified atom stereocenters. The Balaban J connectivity index is 2.19. The molecule has 1 aliphatic rings. The van der Waals surface area contributed by atoms with Crippen LogP contribution in [0.5, 0.6) is 0 Å². The number of thiazole rings is 1. The molecule has 0 aromatic carbocycles. The Labute approximate surface area is 84.2 Å². The second kappa shape index (κ2) is 3.41. The molecule has 0 aliphatic heterocycles. The summed E-state index contributed by atoms with van der Waals surface area (Å²) in [5.41, 5.74) is 1.39. The zero-order chi connectivity index (χ0) is 9.42. The van der Waals surface area contributed by atoms with Gasteiger partial charge in [0.05, 0.1) is 10.7 Å². The van der Waals surface area contributed by atoms with E-state index < -0.39 is 0 Å². The molecular weight excluding hydrogens is 178 g/mol. The van der Waals surface area contributed by atoms with Crippen LogP contribution < -0.4 is 0 Å². The van der Waals surface area contributed by atoms with E-state index in [1.807, 2.05) is 11.3 Å². The first-order valence-corrected chi connectivity index (χ1v) is 5.93. The van der Waals surface area contributed by atoms with Crippen molar-refractivity contribution >= 4 is 11.3 Å².